The maximum atomic E-state index is 11.4. The van der Waals surface area contributed by atoms with Gasteiger partial charge in [0.05, 0.1) is 19.1 Å². The highest BCUT2D eigenvalue weighted by Gasteiger charge is 2.30. The van der Waals surface area contributed by atoms with Crippen LogP contribution in [-0.4, -0.2) is 66.8 Å². The average Bonchev–Trinajstić information content (AvgIpc) is 2.43. The number of fused-ring (bicyclic) bond motifs is 1. The van der Waals surface area contributed by atoms with Gasteiger partial charge in [0.25, 0.3) is 5.24 Å². The average molecular weight is 294 g/mol. The number of hydrogen-bond acceptors (Lipinski definition) is 5. The highest BCUT2D eigenvalue weighted by molar-refractivity contribution is 7.96. The molecule has 0 bridgehead atoms. The third-order valence-electron chi connectivity index (χ3n) is 3.41. The van der Waals surface area contributed by atoms with Gasteiger partial charge in [-0.25, -0.2) is 0 Å². The fraction of sp³-hybridized carbons (Fsp3) is 0.615. The Morgan fingerprint density at radius 1 is 1.75 bits per heavy atom. The van der Waals surface area contributed by atoms with Crippen LogP contribution in [0.1, 0.15) is 6.42 Å². The Balaban J connectivity index is 2.01. The summed E-state index contributed by atoms with van der Waals surface area (Å²) >= 11 is 3.84. The van der Waals surface area contributed by atoms with Crippen LogP contribution in [0.3, 0.4) is 0 Å². The van der Waals surface area contributed by atoms with E-state index in [2.05, 4.69) is 22.5 Å². The summed E-state index contributed by atoms with van der Waals surface area (Å²) in [5, 5.41) is 8.27. The maximum Gasteiger partial charge on any atom is 0.278 e. The predicted molar refractivity (Wildman–Crippen MR) is 78.9 cm³/mol. The third-order valence-corrected chi connectivity index (χ3v) is 3.69. The van der Waals surface area contributed by atoms with Crippen LogP contribution in [0.15, 0.2) is 16.6 Å². The minimum atomic E-state index is -0.335. The normalized spacial score (nSPS) is 25.6. The number of dihydropyridines is 1. The van der Waals surface area contributed by atoms with Crippen molar-refractivity contribution >= 4 is 24.1 Å². The van der Waals surface area contributed by atoms with E-state index in [1.165, 1.54) is 4.90 Å². The lowest BCUT2D eigenvalue weighted by Crippen LogP contribution is -2.49. The number of ether oxygens (including phenoxy) is 1. The largest absolute Gasteiger partial charge is 0.369 e. The van der Waals surface area contributed by atoms with Crippen molar-refractivity contribution < 1.29 is 9.53 Å². The van der Waals surface area contributed by atoms with Crippen molar-refractivity contribution in [2.45, 2.75) is 18.7 Å². The number of nitrogens with zero attached hydrogens (tertiary/aromatic N) is 4. The van der Waals surface area contributed by atoms with Crippen LogP contribution >= 0.6 is 12.6 Å². The summed E-state index contributed by atoms with van der Waals surface area (Å²) in [6.45, 7) is 2.33. The molecule has 1 fully saturated rings. The number of likely N-dealkylation sites (N-methyl/N-ethyl adjacent to an activating group) is 1. The van der Waals surface area contributed by atoms with E-state index in [4.69, 9.17) is 10.00 Å². The van der Waals surface area contributed by atoms with Crippen molar-refractivity contribution in [2.75, 3.05) is 33.3 Å². The van der Waals surface area contributed by atoms with Crippen molar-refractivity contribution in [3.63, 3.8) is 0 Å². The van der Waals surface area contributed by atoms with Gasteiger partial charge < -0.3 is 9.64 Å². The van der Waals surface area contributed by atoms with Crippen molar-refractivity contribution in [2.24, 2.45) is 4.99 Å². The molecule has 0 N–H and O–H groups in total. The molecule has 0 aromatic carbocycles. The SMILES string of the molecule is CN1CCOC2C=C(CN(CCC#N)C(=O)S)C=NC21. The molecule has 0 radical (unpaired) electrons. The minimum absolute atomic E-state index is 0.0201. The molecule has 108 valence electrons. The van der Waals surface area contributed by atoms with E-state index in [0.717, 1.165) is 12.1 Å². The van der Waals surface area contributed by atoms with E-state index in [9.17, 15) is 4.79 Å². The molecule has 2 unspecified atom stereocenters. The van der Waals surface area contributed by atoms with Crippen LogP contribution in [-0.2, 0) is 4.74 Å². The number of carbonyl (C=O) groups excluding carboxylic acids is 1. The summed E-state index contributed by atoms with van der Waals surface area (Å²) in [7, 11) is 2.02. The van der Waals surface area contributed by atoms with Gasteiger partial charge in [-0.2, -0.15) is 5.26 Å². The molecule has 2 rings (SSSR count). The van der Waals surface area contributed by atoms with Crippen LogP contribution in [0.2, 0.25) is 0 Å². The quantitative estimate of drug-likeness (QED) is 0.783. The molecule has 1 amide bonds. The topological polar surface area (TPSA) is 68.9 Å². The number of hydrogen-bond donors (Lipinski definition) is 1. The monoisotopic (exact) mass is 294 g/mol. The molecule has 0 spiro atoms. The summed E-state index contributed by atoms with van der Waals surface area (Å²) in [6.07, 6.45) is 4.03. The van der Waals surface area contributed by atoms with Crippen molar-refractivity contribution in [1.29, 1.82) is 5.26 Å². The van der Waals surface area contributed by atoms with Gasteiger partial charge in [-0.15, -0.1) is 0 Å². The number of amides is 1. The first-order valence-electron chi connectivity index (χ1n) is 6.52. The standard InChI is InChI=1S/C13H18N4O2S/c1-16-5-6-19-11-7-10(8-15-12(11)16)9-17(13(18)20)4-2-3-14/h7-8,11-12H,2,4-6,9H2,1H3,(H,18,20). The molecule has 1 saturated heterocycles. The summed E-state index contributed by atoms with van der Waals surface area (Å²) in [6, 6.07) is 2.03. The fourth-order valence-electron chi connectivity index (χ4n) is 2.30. The van der Waals surface area contributed by atoms with E-state index >= 15 is 0 Å². The van der Waals surface area contributed by atoms with E-state index in [1.807, 2.05) is 19.2 Å². The first-order chi connectivity index (χ1) is 9.61. The predicted octanol–water partition coefficient (Wildman–Crippen LogP) is 0.919. The Hall–Kier alpha value is -1.36. The molecule has 2 aliphatic heterocycles. The number of rotatable bonds is 4. The molecule has 2 heterocycles. The molecule has 2 atom stereocenters. The molecule has 20 heavy (non-hydrogen) atoms. The van der Waals surface area contributed by atoms with Gasteiger partial charge in [0.1, 0.15) is 12.3 Å². The number of thiol groups is 1. The lowest BCUT2D eigenvalue weighted by atomic mass is 10.1. The number of morpholine rings is 1. The van der Waals surface area contributed by atoms with Gasteiger partial charge in [0, 0.05) is 25.8 Å². The molecule has 2 aliphatic rings. The number of carbonyl (C=O) groups is 1. The first kappa shape index (κ1) is 15.0. The van der Waals surface area contributed by atoms with Crippen LogP contribution < -0.4 is 0 Å². The summed E-state index contributed by atoms with van der Waals surface area (Å²) in [4.78, 5) is 19.6. The summed E-state index contributed by atoms with van der Waals surface area (Å²) in [5.41, 5.74) is 0.918. The zero-order chi connectivity index (χ0) is 14.5. The molecule has 7 heteroatoms. The van der Waals surface area contributed by atoms with Crippen LogP contribution in [0.4, 0.5) is 4.79 Å². The van der Waals surface area contributed by atoms with Crippen LogP contribution in [0, 0.1) is 11.3 Å². The minimum Gasteiger partial charge on any atom is -0.369 e. The Bertz CT molecular complexity index is 471. The Morgan fingerprint density at radius 3 is 3.25 bits per heavy atom. The molecular formula is C13H18N4O2S. The molecule has 0 aromatic rings. The number of aliphatic imine (C=N–C) groups is 1. The molecular weight excluding hydrogens is 276 g/mol. The van der Waals surface area contributed by atoms with E-state index in [1.54, 1.807) is 6.21 Å². The first-order valence-corrected chi connectivity index (χ1v) is 6.97. The lowest BCUT2D eigenvalue weighted by Gasteiger charge is -2.37. The van der Waals surface area contributed by atoms with E-state index in [-0.39, 0.29) is 17.5 Å². The van der Waals surface area contributed by atoms with Gasteiger partial charge in [-0.3, -0.25) is 14.7 Å². The molecule has 6 nitrogen and oxygen atoms in total. The van der Waals surface area contributed by atoms with Crippen molar-refractivity contribution in [3.05, 3.63) is 11.6 Å². The zero-order valence-electron chi connectivity index (χ0n) is 11.4. The van der Waals surface area contributed by atoms with Crippen molar-refractivity contribution in [3.8, 4) is 6.07 Å². The van der Waals surface area contributed by atoms with E-state index in [0.29, 0.717) is 26.1 Å². The molecule has 0 aliphatic carbocycles. The smallest absolute Gasteiger partial charge is 0.278 e. The Labute approximate surface area is 124 Å². The van der Waals surface area contributed by atoms with Gasteiger partial charge >= 0.3 is 0 Å². The lowest BCUT2D eigenvalue weighted by molar-refractivity contribution is -0.0343. The third kappa shape index (κ3) is 3.60. The van der Waals surface area contributed by atoms with Gasteiger partial charge in [0.15, 0.2) is 0 Å². The van der Waals surface area contributed by atoms with Gasteiger partial charge in [-0.05, 0) is 18.7 Å². The second-order valence-corrected chi connectivity index (χ2v) is 5.24. The summed E-state index contributed by atoms with van der Waals surface area (Å²) < 4.78 is 5.70. The second kappa shape index (κ2) is 6.88. The van der Waals surface area contributed by atoms with Crippen LogP contribution in [0.25, 0.3) is 0 Å². The van der Waals surface area contributed by atoms with E-state index < -0.39 is 0 Å². The highest BCUT2D eigenvalue weighted by atomic mass is 32.1. The molecule has 0 saturated carbocycles. The van der Waals surface area contributed by atoms with Crippen LogP contribution in [0.5, 0.6) is 0 Å². The van der Waals surface area contributed by atoms with Gasteiger partial charge in [0.2, 0.25) is 0 Å². The van der Waals surface area contributed by atoms with Gasteiger partial charge in [-0.1, -0.05) is 12.6 Å². The Kier molecular flexibility index (Phi) is 5.17. The zero-order valence-corrected chi connectivity index (χ0v) is 12.3. The second-order valence-electron chi connectivity index (χ2n) is 4.86. The maximum absolute atomic E-state index is 11.4. The van der Waals surface area contributed by atoms with Crippen molar-refractivity contribution in [1.82, 2.24) is 9.80 Å². The Morgan fingerprint density at radius 2 is 2.55 bits per heavy atom. The summed E-state index contributed by atoms with van der Waals surface area (Å²) in [5.74, 6) is 0. The number of nitriles is 1. The molecule has 0 aromatic heterocycles. The fourth-order valence-corrected chi connectivity index (χ4v) is 2.47. The highest BCUT2D eigenvalue weighted by Crippen LogP contribution is 2.20.